The lowest BCUT2D eigenvalue weighted by molar-refractivity contribution is -0.158. The van der Waals surface area contributed by atoms with Crippen molar-refractivity contribution in [1.82, 2.24) is 14.8 Å². The molecule has 0 spiro atoms. The van der Waals surface area contributed by atoms with Gasteiger partial charge in [0.25, 0.3) is 0 Å². The maximum absolute atomic E-state index is 13.5. The normalized spacial score (nSPS) is 20.8. The van der Waals surface area contributed by atoms with Gasteiger partial charge in [0.1, 0.15) is 6.04 Å². The van der Waals surface area contributed by atoms with Gasteiger partial charge in [-0.3, -0.25) is 9.59 Å². The van der Waals surface area contributed by atoms with E-state index in [9.17, 15) is 9.59 Å². The maximum Gasteiger partial charge on any atom is 0.246 e. The number of carbonyl (C=O) groups excluding carboxylic acids is 2. The molecule has 0 aliphatic carbocycles. The third kappa shape index (κ3) is 3.47. The lowest BCUT2D eigenvalue weighted by Crippen LogP contribution is -2.63. The number of rotatable bonds is 5. The van der Waals surface area contributed by atoms with E-state index >= 15 is 0 Å². The number of aromatic amines is 1. The minimum atomic E-state index is -0.460. The lowest BCUT2D eigenvalue weighted by atomic mass is 9.86. The summed E-state index contributed by atoms with van der Waals surface area (Å²) in [7, 11) is 0. The van der Waals surface area contributed by atoms with Crippen molar-refractivity contribution in [3.63, 3.8) is 0 Å². The zero-order valence-corrected chi connectivity index (χ0v) is 19.2. The van der Waals surface area contributed by atoms with Gasteiger partial charge >= 0.3 is 0 Å². The second-order valence-corrected chi connectivity index (χ2v) is 9.42. The summed E-state index contributed by atoms with van der Waals surface area (Å²) in [6.45, 7) is 2.97. The van der Waals surface area contributed by atoms with Gasteiger partial charge in [-0.05, 0) is 35.7 Å². The molecule has 2 atom stereocenters. The van der Waals surface area contributed by atoms with Crippen LogP contribution in [0.5, 0.6) is 0 Å². The molecule has 6 heteroatoms. The molecule has 2 aliphatic heterocycles. The number of amides is 2. The van der Waals surface area contributed by atoms with Crippen molar-refractivity contribution in [2.45, 2.75) is 44.7 Å². The predicted octanol–water partition coefficient (Wildman–Crippen LogP) is 4.81. The molecule has 2 amide bonds. The first-order chi connectivity index (χ1) is 15.1. The van der Waals surface area contributed by atoms with Crippen molar-refractivity contribution in [1.29, 1.82) is 0 Å². The SMILES string of the molecule is CCCCCN1CC(=O)N2[C@@H](c3cccc(Br)c3)c3[nH]c4ccccc4c3C[C@H]2C1=O. The van der Waals surface area contributed by atoms with Gasteiger partial charge in [0.2, 0.25) is 11.8 Å². The number of halogens is 1. The minimum absolute atomic E-state index is 0.0235. The van der Waals surface area contributed by atoms with Gasteiger partial charge in [0, 0.05) is 34.0 Å². The number of hydrogen-bond donors (Lipinski definition) is 1. The molecular weight excluding hydrogens is 454 g/mol. The van der Waals surface area contributed by atoms with E-state index in [1.165, 1.54) is 0 Å². The highest BCUT2D eigenvalue weighted by Gasteiger charge is 2.48. The Morgan fingerprint density at radius 1 is 1.10 bits per heavy atom. The molecule has 3 heterocycles. The molecule has 0 saturated carbocycles. The highest BCUT2D eigenvalue weighted by Crippen LogP contribution is 2.42. The van der Waals surface area contributed by atoms with Crippen molar-refractivity contribution in [2.24, 2.45) is 0 Å². The third-order valence-electron chi connectivity index (χ3n) is 6.54. The highest BCUT2D eigenvalue weighted by atomic mass is 79.9. The quantitative estimate of drug-likeness (QED) is 0.534. The second kappa shape index (κ2) is 8.15. The van der Waals surface area contributed by atoms with Crippen molar-refractivity contribution in [2.75, 3.05) is 13.1 Å². The van der Waals surface area contributed by atoms with Gasteiger partial charge in [-0.25, -0.2) is 0 Å². The molecule has 5 nitrogen and oxygen atoms in total. The number of carbonyl (C=O) groups is 2. The Hall–Kier alpha value is -2.60. The van der Waals surface area contributed by atoms with E-state index in [2.05, 4.69) is 40.0 Å². The first kappa shape index (κ1) is 20.3. The highest BCUT2D eigenvalue weighted by molar-refractivity contribution is 9.10. The average Bonchev–Trinajstić information content (AvgIpc) is 3.14. The van der Waals surface area contributed by atoms with Gasteiger partial charge in [-0.1, -0.05) is 66.0 Å². The van der Waals surface area contributed by atoms with Crippen molar-refractivity contribution in [3.05, 3.63) is 69.8 Å². The molecule has 3 aromatic rings. The third-order valence-corrected chi connectivity index (χ3v) is 7.03. The second-order valence-electron chi connectivity index (χ2n) is 8.51. The summed E-state index contributed by atoms with van der Waals surface area (Å²) >= 11 is 3.57. The fourth-order valence-electron chi connectivity index (χ4n) is 5.09. The number of benzene rings is 2. The number of piperazine rings is 1. The van der Waals surface area contributed by atoms with Crippen LogP contribution in [-0.2, 0) is 16.0 Å². The zero-order valence-electron chi connectivity index (χ0n) is 17.6. The number of fused-ring (bicyclic) bond motifs is 4. The minimum Gasteiger partial charge on any atom is -0.356 e. The Morgan fingerprint density at radius 2 is 1.94 bits per heavy atom. The molecule has 2 aliphatic rings. The van der Waals surface area contributed by atoms with E-state index in [1.54, 1.807) is 4.90 Å². The number of aromatic nitrogens is 1. The van der Waals surface area contributed by atoms with Crippen LogP contribution in [0.25, 0.3) is 10.9 Å². The topological polar surface area (TPSA) is 56.4 Å². The van der Waals surface area contributed by atoms with Crippen LogP contribution in [0.2, 0.25) is 0 Å². The van der Waals surface area contributed by atoms with Gasteiger partial charge in [0.05, 0.1) is 12.6 Å². The summed E-state index contributed by atoms with van der Waals surface area (Å²) in [5.74, 6) is 0.0991. The van der Waals surface area contributed by atoms with E-state index in [-0.39, 0.29) is 24.4 Å². The smallest absolute Gasteiger partial charge is 0.246 e. The number of para-hydroxylation sites is 1. The summed E-state index contributed by atoms with van der Waals surface area (Å²) < 4.78 is 0.960. The first-order valence-electron chi connectivity index (χ1n) is 11.0. The molecule has 160 valence electrons. The molecule has 0 radical (unpaired) electrons. The summed E-state index contributed by atoms with van der Waals surface area (Å²) in [6.07, 6.45) is 3.66. The monoisotopic (exact) mass is 479 g/mol. The van der Waals surface area contributed by atoms with E-state index in [1.807, 2.05) is 41.3 Å². The molecule has 0 bridgehead atoms. The molecule has 2 aromatic carbocycles. The number of unbranched alkanes of at least 4 members (excludes halogenated alkanes) is 2. The Labute approximate surface area is 190 Å². The Morgan fingerprint density at radius 3 is 2.74 bits per heavy atom. The maximum atomic E-state index is 13.5. The van der Waals surface area contributed by atoms with Crippen LogP contribution in [0.1, 0.15) is 49.0 Å². The van der Waals surface area contributed by atoms with E-state index < -0.39 is 6.04 Å². The van der Waals surface area contributed by atoms with E-state index in [0.717, 1.165) is 51.5 Å². The molecule has 31 heavy (non-hydrogen) atoms. The molecule has 5 rings (SSSR count). The Bertz CT molecular complexity index is 1150. The molecule has 1 fully saturated rings. The van der Waals surface area contributed by atoms with Crippen LogP contribution in [0.3, 0.4) is 0 Å². The van der Waals surface area contributed by atoms with Gasteiger partial charge < -0.3 is 14.8 Å². The number of hydrogen-bond acceptors (Lipinski definition) is 2. The van der Waals surface area contributed by atoms with Crippen LogP contribution >= 0.6 is 15.9 Å². The van der Waals surface area contributed by atoms with Crippen LogP contribution < -0.4 is 0 Å². The fourth-order valence-corrected chi connectivity index (χ4v) is 5.51. The summed E-state index contributed by atoms with van der Waals surface area (Å²) in [6, 6.07) is 15.5. The fraction of sp³-hybridized carbons (Fsp3) is 0.360. The molecule has 1 aromatic heterocycles. The predicted molar refractivity (Wildman–Crippen MR) is 125 cm³/mol. The average molecular weight is 480 g/mol. The number of nitrogens with zero attached hydrogens (tertiary/aromatic N) is 2. The van der Waals surface area contributed by atoms with Gasteiger partial charge in [-0.15, -0.1) is 0 Å². The van der Waals surface area contributed by atoms with Gasteiger partial charge in [-0.2, -0.15) is 0 Å². The van der Waals surface area contributed by atoms with E-state index in [0.29, 0.717) is 13.0 Å². The molecule has 0 unspecified atom stereocenters. The van der Waals surface area contributed by atoms with Gasteiger partial charge in [0.15, 0.2) is 0 Å². The summed E-state index contributed by atoms with van der Waals surface area (Å²) in [4.78, 5) is 34.1. The van der Waals surface area contributed by atoms with Crippen molar-refractivity contribution < 1.29 is 9.59 Å². The molecule has 1 saturated heterocycles. The van der Waals surface area contributed by atoms with Crippen LogP contribution in [-0.4, -0.2) is 45.7 Å². The molecule has 1 N–H and O–H groups in total. The van der Waals surface area contributed by atoms with Crippen LogP contribution in [0.15, 0.2) is 53.0 Å². The zero-order chi connectivity index (χ0) is 21.5. The largest absolute Gasteiger partial charge is 0.356 e. The summed E-state index contributed by atoms with van der Waals surface area (Å²) in [5.41, 5.74) is 4.23. The lowest BCUT2D eigenvalue weighted by Gasteiger charge is -2.47. The number of nitrogens with one attached hydrogen (secondary N) is 1. The van der Waals surface area contributed by atoms with Crippen LogP contribution in [0, 0.1) is 0 Å². The Kier molecular flexibility index (Phi) is 5.34. The van der Waals surface area contributed by atoms with Crippen LogP contribution in [0.4, 0.5) is 0 Å². The number of H-pyrrole nitrogens is 1. The van der Waals surface area contributed by atoms with Crippen molar-refractivity contribution >= 4 is 38.6 Å². The standard InChI is InChI=1S/C25H26BrN3O2/c1-2-3-6-12-28-15-22(30)29-21(25(28)31)14-19-18-10-4-5-11-20(18)27-23(19)24(29)16-8-7-9-17(26)13-16/h4-5,7-11,13,21,24,27H,2-3,6,12,14-15H2,1H3/t21-,24-/m0/s1. The Balaban J connectivity index is 1.62. The van der Waals surface area contributed by atoms with E-state index in [4.69, 9.17) is 0 Å². The molecular formula is C25H26BrN3O2. The van der Waals surface area contributed by atoms with Crippen molar-refractivity contribution in [3.8, 4) is 0 Å². The summed E-state index contributed by atoms with van der Waals surface area (Å²) in [5, 5.41) is 1.14. The first-order valence-corrected chi connectivity index (χ1v) is 11.8.